The number of ketones is 1. The number of alkyl carbamates (subject to hydrolysis) is 1. The molecule has 198 valence electrons. The Morgan fingerprint density at radius 1 is 1.17 bits per heavy atom. The molecule has 0 aromatic heterocycles. The fourth-order valence-electron chi connectivity index (χ4n) is 8.12. The van der Waals surface area contributed by atoms with E-state index in [-0.39, 0.29) is 41.8 Å². The highest BCUT2D eigenvalue weighted by atomic mass is 19.1. The average molecular weight is 495 g/mol. The Kier molecular flexibility index (Phi) is 7.12. The minimum atomic E-state index is -1.12. The number of imide groups is 1. The minimum absolute atomic E-state index is 0.0661. The molecule has 2 unspecified atom stereocenters. The summed E-state index contributed by atoms with van der Waals surface area (Å²) in [4.78, 5) is 41.4. The third-order valence-corrected chi connectivity index (χ3v) is 10.8. The first-order chi connectivity index (χ1) is 16.4. The number of rotatable bonds is 3. The topological polar surface area (TPSA) is 95.9 Å². The lowest BCUT2D eigenvalue weighted by Gasteiger charge is -2.61. The van der Waals surface area contributed by atoms with E-state index in [1.54, 1.807) is 6.92 Å². The van der Waals surface area contributed by atoms with Crippen molar-refractivity contribution in [1.29, 1.82) is 0 Å². The molecule has 7 nitrogen and oxygen atoms in total. The number of aliphatic hydroxyl groups excluding tert-OH is 1. The monoisotopic (exact) mass is 494 g/mol. The van der Waals surface area contributed by atoms with E-state index < -0.39 is 41.2 Å². The summed E-state index contributed by atoms with van der Waals surface area (Å²) in [6.45, 7) is 8.61. The van der Waals surface area contributed by atoms with Crippen molar-refractivity contribution in [3.63, 3.8) is 0 Å². The second kappa shape index (κ2) is 9.40. The molecule has 1 saturated heterocycles. The number of hydrogen-bond donors (Lipinski definition) is 2. The summed E-state index contributed by atoms with van der Waals surface area (Å²) in [6.07, 6.45) is 1.62. The number of halogens is 1. The van der Waals surface area contributed by atoms with Crippen molar-refractivity contribution in [2.75, 3.05) is 26.8 Å². The summed E-state index contributed by atoms with van der Waals surface area (Å²) in [5.41, 5.74) is -2.26. The summed E-state index contributed by atoms with van der Waals surface area (Å²) in [7, 11) is 2.00. The van der Waals surface area contributed by atoms with Crippen molar-refractivity contribution in [2.45, 2.75) is 84.8 Å². The molecule has 8 heteroatoms. The van der Waals surface area contributed by atoms with Crippen molar-refractivity contribution in [1.82, 2.24) is 10.2 Å². The third kappa shape index (κ3) is 4.22. The molecule has 4 aliphatic rings. The fourth-order valence-corrected chi connectivity index (χ4v) is 8.12. The molecule has 4 fully saturated rings. The Labute approximate surface area is 208 Å². The van der Waals surface area contributed by atoms with Gasteiger partial charge in [0.1, 0.15) is 11.9 Å². The van der Waals surface area contributed by atoms with Gasteiger partial charge < -0.3 is 14.7 Å². The van der Waals surface area contributed by atoms with Crippen LogP contribution < -0.4 is 5.32 Å². The predicted octanol–water partition coefficient (Wildman–Crippen LogP) is 3.73. The first-order valence-electron chi connectivity index (χ1n) is 13.4. The molecule has 0 aromatic rings. The third-order valence-electron chi connectivity index (χ3n) is 10.8. The number of alkyl halides is 1. The summed E-state index contributed by atoms with van der Waals surface area (Å²) in [5.74, 6) is -0.982. The molecule has 3 saturated carbocycles. The van der Waals surface area contributed by atoms with Crippen LogP contribution in [0.5, 0.6) is 0 Å². The summed E-state index contributed by atoms with van der Waals surface area (Å²) >= 11 is 0. The fraction of sp³-hybridized carbons (Fsp3) is 0.889. The molecule has 0 aromatic carbocycles. The van der Waals surface area contributed by atoms with Gasteiger partial charge in [-0.05, 0) is 75.9 Å². The van der Waals surface area contributed by atoms with Gasteiger partial charge in [-0.15, -0.1) is 0 Å². The van der Waals surface area contributed by atoms with E-state index in [2.05, 4.69) is 17.1 Å². The van der Waals surface area contributed by atoms with Crippen LogP contribution in [0.15, 0.2) is 0 Å². The van der Waals surface area contributed by atoms with Crippen LogP contribution >= 0.6 is 0 Å². The van der Waals surface area contributed by atoms with Gasteiger partial charge in [-0.2, -0.15) is 0 Å². The first-order valence-corrected chi connectivity index (χ1v) is 13.4. The molecule has 1 aliphatic heterocycles. The van der Waals surface area contributed by atoms with Gasteiger partial charge in [-0.3, -0.25) is 19.3 Å². The van der Waals surface area contributed by atoms with Gasteiger partial charge in [-0.25, -0.2) is 4.79 Å². The number of carbonyl (C=O) groups excluding carboxylic acids is 3. The maximum atomic E-state index is 14.6. The van der Waals surface area contributed by atoms with Crippen LogP contribution in [0.2, 0.25) is 0 Å². The van der Waals surface area contributed by atoms with Crippen LogP contribution in [0.1, 0.15) is 72.6 Å². The number of amides is 2. The number of ether oxygens (including phenoxy) is 1. The van der Waals surface area contributed by atoms with Gasteiger partial charge in [0, 0.05) is 29.1 Å². The Bertz CT molecular complexity index is 861. The highest BCUT2D eigenvalue weighted by Gasteiger charge is 2.68. The number of hydrogen-bond acceptors (Lipinski definition) is 6. The molecule has 2 N–H and O–H groups in total. The van der Waals surface area contributed by atoms with Gasteiger partial charge in [0.05, 0.1) is 12.8 Å². The number of Topliss-reactive ketones (excluding diaryl/α,β-unsaturated/α-hetero) is 1. The van der Waals surface area contributed by atoms with E-state index in [1.807, 2.05) is 20.9 Å². The van der Waals surface area contributed by atoms with Crippen molar-refractivity contribution in [2.24, 2.45) is 39.9 Å². The molecule has 0 radical (unpaired) electrons. The number of piperidine rings is 1. The predicted molar refractivity (Wildman–Crippen MR) is 129 cm³/mol. The van der Waals surface area contributed by atoms with Crippen molar-refractivity contribution >= 4 is 17.8 Å². The lowest BCUT2D eigenvalue weighted by atomic mass is 9.44. The maximum absolute atomic E-state index is 14.6. The van der Waals surface area contributed by atoms with Crippen LogP contribution in [0, 0.1) is 39.9 Å². The smallest absolute Gasteiger partial charge is 0.414 e. The standard InChI is InChI=1S/C27H43FN2O5/c1-16-6-10-27-11-7-19(31)21(27)26(16,4)20(14-25(3,15-28)22(32)17(27)2)35-24(34)29-23(33)18-8-12-30(5)13-9-18/h16-18,20-22,32H,6-15H2,1-5H3,(H,29,33,34)/t16-,17+,20-,21?,22+,25+,26+,27?/m1/s1. The molecule has 0 spiro atoms. The van der Waals surface area contributed by atoms with Crippen LogP contribution in [-0.2, 0) is 14.3 Å². The molecule has 8 atom stereocenters. The van der Waals surface area contributed by atoms with Gasteiger partial charge in [-0.1, -0.05) is 27.7 Å². The second-order valence-corrected chi connectivity index (χ2v) is 12.6. The maximum Gasteiger partial charge on any atom is 0.414 e. The SMILES string of the molecule is C[C@@H]1CCC23CCC(=O)C2[C@]1(C)[C@H](OC(=O)NC(=O)C1CCN(C)CC1)C[C@@](C)(CF)[C@@H](O)[C@@H]3C. The molecular weight excluding hydrogens is 451 g/mol. The van der Waals surface area contributed by atoms with Crippen molar-refractivity contribution < 1.29 is 28.6 Å². The first kappa shape index (κ1) is 26.5. The molecule has 3 aliphatic carbocycles. The van der Waals surface area contributed by atoms with Gasteiger partial charge >= 0.3 is 6.09 Å². The Morgan fingerprint density at radius 3 is 2.46 bits per heavy atom. The number of nitrogens with one attached hydrogen (secondary N) is 1. The summed E-state index contributed by atoms with van der Waals surface area (Å²) < 4.78 is 20.6. The van der Waals surface area contributed by atoms with Crippen LogP contribution in [0.4, 0.5) is 9.18 Å². The average Bonchev–Trinajstić information content (AvgIpc) is 3.18. The van der Waals surface area contributed by atoms with Gasteiger partial charge in [0.2, 0.25) is 5.91 Å². The van der Waals surface area contributed by atoms with Gasteiger partial charge in [0.15, 0.2) is 0 Å². The van der Waals surface area contributed by atoms with E-state index in [4.69, 9.17) is 4.74 Å². The molecule has 4 rings (SSSR count). The van der Waals surface area contributed by atoms with Crippen LogP contribution in [-0.4, -0.2) is 66.8 Å². The van der Waals surface area contributed by atoms with E-state index in [9.17, 15) is 23.9 Å². The Morgan fingerprint density at radius 2 is 1.83 bits per heavy atom. The van der Waals surface area contributed by atoms with Crippen LogP contribution in [0.3, 0.4) is 0 Å². The van der Waals surface area contributed by atoms with Gasteiger partial charge in [0.25, 0.3) is 0 Å². The highest BCUT2D eigenvalue weighted by Crippen LogP contribution is 2.67. The molecular formula is C27H43FN2O5. The number of likely N-dealkylation sites (tertiary alicyclic amines) is 1. The van der Waals surface area contributed by atoms with E-state index >= 15 is 0 Å². The van der Waals surface area contributed by atoms with E-state index in [1.165, 1.54) is 0 Å². The van der Waals surface area contributed by atoms with Crippen molar-refractivity contribution in [3.8, 4) is 0 Å². The lowest BCUT2D eigenvalue weighted by molar-refractivity contribution is -0.200. The zero-order chi connectivity index (χ0) is 25.8. The summed E-state index contributed by atoms with van der Waals surface area (Å²) in [6, 6.07) is 0. The van der Waals surface area contributed by atoms with Crippen molar-refractivity contribution in [3.05, 3.63) is 0 Å². The Balaban J connectivity index is 1.64. The molecule has 1 heterocycles. The quantitative estimate of drug-likeness (QED) is 0.621. The molecule has 2 amide bonds. The zero-order valence-corrected chi connectivity index (χ0v) is 21.9. The Hall–Kier alpha value is -1.54. The molecule has 2 bridgehead atoms. The normalized spacial score (nSPS) is 44.8. The minimum Gasteiger partial charge on any atom is -0.445 e. The van der Waals surface area contributed by atoms with Crippen LogP contribution in [0.25, 0.3) is 0 Å². The largest absolute Gasteiger partial charge is 0.445 e. The lowest BCUT2D eigenvalue weighted by Crippen LogP contribution is -2.64. The van der Waals surface area contributed by atoms with E-state index in [0.717, 1.165) is 25.9 Å². The number of aliphatic hydroxyl groups is 1. The van der Waals surface area contributed by atoms with E-state index in [0.29, 0.717) is 25.7 Å². The summed E-state index contributed by atoms with van der Waals surface area (Å²) in [5, 5.41) is 13.8. The second-order valence-electron chi connectivity index (χ2n) is 12.6. The zero-order valence-electron chi connectivity index (χ0n) is 21.9. The number of nitrogens with zero attached hydrogens (tertiary/aromatic N) is 1. The highest BCUT2D eigenvalue weighted by molar-refractivity contribution is 5.93. The molecule has 35 heavy (non-hydrogen) atoms. The number of carbonyl (C=O) groups is 3.